The summed E-state index contributed by atoms with van der Waals surface area (Å²) in [6.07, 6.45) is 1.37. The number of hydrogen-bond acceptors (Lipinski definition) is 3. The van der Waals surface area contributed by atoms with E-state index >= 15 is 0 Å². The summed E-state index contributed by atoms with van der Waals surface area (Å²) in [7, 11) is 0. The molecule has 0 radical (unpaired) electrons. The Morgan fingerprint density at radius 2 is 1.92 bits per heavy atom. The van der Waals surface area contributed by atoms with Gasteiger partial charge in [0, 0.05) is 22.6 Å². The second-order valence-electron chi connectivity index (χ2n) is 5.76. The van der Waals surface area contributed by atoms with Gasteiger partial charge in [0.25, 0.3) is 5.91 Å². The molecule has 0 saturated carbocycles. The molecule has 0 aliphatic carbocycles. The molecule has 1 N–H and O–H groups in total. The average molecular weight is 349 g/mol. The number of nitrogens with zero attached hydrogens (tertiary/aromatic N) is 1. The maximum Gasteiger partial charge on any atom is 0.254 e. The van der Waals surface area contributed by atoms with Crippen molar-refractivity contribution in [3.63, 3.8) is 0 Å². The number of aliphatic hydroxyl groups excluding tert-OH is 1. The van der Waals surface area contributed by atoms with E-state index in [1.165, 1.54) is 4.90 Å². The predicted molar refractivity (Wildman–Crippen MR) is 89.0 cm³/mol. The molecule has 2 atom stereocenters. The van der Waals surface area contributed by atoms with Crippen molar-refractivity contribution in [3.8, 4) is 0 Å². The molecule has 1 heterocycles. The van der Waals surface area contributed by atoms with Gasteiger partial charge in [-0.1, -0.05) is 0 Å². The Hall–Kier alpha value is -1.92. The molecule has 1 amide bonds. The molecule has 1 fully saturated rings. The summed E-state index contributed by atoms with van der Waals surface area (Å²) in [6.45, 7) is 0.101. The molecule has 126 valence electrons. The third-order valence-corrected chi connectivity index (χ3v) is 4.94. The van der Waals surface area contributed by atoms with Gasteiger partial charge in [-0.15, -0.1) is 11.8 Å². The van der Waals surface area contributed by atoms with Crippen molar-refractivity contribution in [2.45, 2.75) is 23.5 Å². The molecule has 0 bridgehead atoms. The van der Waals surface area contributed by atoms with Gasteiger partial charge in [0.05, 0.1) is 12.1 Å². The van der Waals surface area contributed by atoms with E-state index in [2.05, 4.69) is 0 Å². The molecular weight excluding hydrogens is 332 g/mol. The van der Waals surface area contributed by atoms with Crippen LogP contribution in [0.3, 0.4) is 0 Å². The fourth-order valence-corrected chi connectivity index (χ4v) is 3.41. The summed E-state index contributed by atoms with van der Waals surface area (Å²) in [4.78, 5) is 15.2. The molecule has 2 aromatic carbocycles. The smallest absolute Gasteiger partial charge is 0.254 e. The van der Waals surface area contributed by atoms with E-state index in [9.17, 15) is 18.7 Å². The van der Waals surface area contributed by atoms with E-state index in [4.69, 9.17) is 0 Å². The Balaban J connectivity index is 1.92. The minimum Gasteiger partial charge on any atom is -0.391 e. The fourth-order valence-electron chi connectivity index (χ4n) is 3.00. The zero-order valence-electron chi connectivity index (χ0n) is 13.1. The fraction of sp³-hybridized carbons (Fsp3) is 0.278. The Morgan fingerprint density at radius 3 is 2.58 bits per heavy atom. The van der Waals surface area contributed by atoms with Gasteiger partial charge in [0.2, 0.25) is 0 Å². The number of halogens is 2. The maximum absolute atomic E-state index is 14.1. The molecule has 3 rings (SSSR count). The highest BCUT2D eigenvalue weighted by atomic mass is 32.2. The standard InChI is InChI=1S/C18H17F2NO2S/c1-24-14-5-2-11(3-6-14)18(23)21-10-13(22)9-17(21)15-8-12(19)4-7-16(15)20/h2-8,13,17,22H,9-10H2,1H3. The summed E-state index contributed by atoms with van der Waals surface area (Å²) in [6, 6.07) is 9.58. The highest BCUT2D eigenvalue weighted by Gasteiger charge is 2.37. The van der Waals surface area contributed by atoms with Gasteiger partial charge in [-0.3, -0.25) is 4.79 Å². The first-order valence-electron chi connectivity index (χ1n) is 7.57. The second-order valence-corrected chi connectivity index (χ2v) is 6.64. The molecule has 1 aliphatic heterocycles. The van der Waals surface area contributed by atoms with Crippen LogP contribution < -0.4 is 0 Å². The SMILES string of the molecule is CSc1ccc(C(=O)N2CC(O)CC2c2cc(F)ccc2F)cc1. The van der Waals surface area contributed by atoms with Crippen LogP contribution in [0.1, 0.15) is 28.4 Å². The van der Waals surface area contributed by atoms with Crippen LogP contribution in [0.15, 0.2) is 47.4 Å². The molecule has 2 aromatic rings. The minimum absolute atomic E-state index is 0.0978. The van der Waals surface area contributed by atoms with Gasteiger partial charge in [-0.2, -0.15) is 0 Å². The van der Waals surface area contributed by atoms with Crippen molar-refractivity contribution in [2.24, 2.45) is 0 Å². The minimum atomic E-state index is -0.757. The molecule has 3 nitrogen and oxygen atoms in total. The van der Waals surface area contributed by atoms with Crippen LogP contribution >= 0.6 is 11.8 Å². The van der Waals surface area contributed by atoms with E-state index in [0.717, 1.165) is 23.1 Å². The van der Waals surface area contributed by atoms with Gasteiger partial charge in [0.15, 0.2) is 0 Å². The summed E-state index contributed by atoms with van der Waals surface area (Å²) < 4.78 is 27.6. The van der Waals surface area contributed by atoms with E-state index in [1.54, 1.807) is 23.9 Å². The molecule has 1 saturated heterocycles. The average Bonchev–Trinajstić information content (AvgIpc) is 2.98. The number of carbonyl (C=O) groups excluding carboxylic acids is 1. The van der Waals surface area contributed by atoms with Crippen molar-refractivity contribution in [1.29, 1.82) is 0 Å². The molecule has 2 unspecified atom stereocenters. The van der Waals surface area contributed by atoms with E-state index < -0.39 is 23.8 Å². The monoisotopic (exact) mass is 349 g/mol. The first-order chi connectivity index (χ1) is 11.5. The molecule has 1 aliphatic rings. The first kappa shape index (κ1) is 16.9. The number of hydrogen-bond donors (Lipinski definition) is 1. The van der Waals surface area contributed by atoms with Gasteiger partial charge in [0.1, 0.15) is 11.6 Å². The Labute approximate surface area is 143 Å². The van der Waals surface area contributed by atoms with Gasteiger partial charge >= 0.3 is 0 Å². The maximum atomic E-state index is 14.1. The van der Waals surface area contributed by atoms with E-state index in [0.29, 0.717) is 5.56 Å². The van der Waals surface area contributed by atoms with Crippen molar-refractivity contribution >= 4 is 17.7 Å². The lowest BCUT2D eigenvalue weighted by Gasteiger charge is -2.25. The number of benzene rings is 2. The second kappa shape index (κ2) is 6.91. The summed E-state index contributed by atoms with van der Waals surface area (Å²) in [5.41, 5.74) is 0.560. The van der Waals surface area contributed by atoms with Crippen molar-refractivity contribution in [1.82, 2.24) is 4.90 Å². The number of aliphatic hydroxyl groups is 1. The molecule has 0 aromatic heterocycles. The third kappa shape index (κ3) is 3.30. The Kier molecular flexibility index (Phi) is 4.87. The van der Waals surface area contributed by atoms with Crippen LogP contribution in [-0.2, 0) is 0 Å². The summed E-state index contributed by atoms with van der Waals surface area (Å²) in [5.74, 6) is -1.44. The number of thioether (sulfide) groups is 1. The highest BCUT2D eigenvalue weighted by molar-refractivity contribution is 7.98. The highest BCUT2D eigenvalue weighted by Crippen LogP contribution is 2.35. The zero-order chi connectivity index (χ0) is 17.3. The van der Waals surface area contributed by atoms with Crippen LogP contribution in [0.25, 0.3) is 0 Å². The van der Waals surface area contributed by atoms with E-state index in [1.807, 2.05) is 18.4 Å². The lowest BCUT2D eigenvalue weighted by Crippen LogP contribution is -2.32. The van der Waals surface area contributed by atoms with Gasteiger partial charge in [-0.05, 0) is 55.1 Å². The molecular formula is C18H17F2NO2S. The number of β-amino-alcohol motifs (C(OH)–C–C–N with tert-alkyl or cyclic N) is 1. The summed E-state index contributed by atoms with van der Waals surface area (Å²) in [5, 5.41) is 9.96. The predicted octanol–water partition coefficient (Wildman–Crippen LogP) is 3.63. The lowest BCUT2D eigenvalue weighted by molar-refractivity contribution is 0.0713. The summed E-state index contributed by atoms with van der Waals surface area (Å²) >= 11 is 1.57. The number of likely N-dealkylation sites (tertiary alicyclic amines) is 1. The zero-order valence-corrected chi connectivity index (χ0v) is 13.9. The van der Waals surface area contributed by atoms with Crippen molar-refractivity contribution < 1.29 is 18.7 Å². The number of rotatable bonds is 3. The molecule has 6 heteroatoms. The van der Waals surface area contributed by atoms with E-state index in [-0.39, 0.29) is 24.4 Å². The van der Waals surface area contributed by atoms with Gasteiger partial charge in [-0.25, -0.2) is 8.78 Å². The molecule has 24 heavy (non-hydrogen) atoms. The Bertz CT molecular complexity index is 751. The number of carbonyl (C=O) groups is 1. The van der Waals surface area contributed by atoms with Crippen LogP contribution in [0.2, 0.25) is 0 Å². The van der Waals surface area contributed by atoms with Gasteiger partial charge < -0.3 is 10.0 Å². The lowest BCUT2D eigenvalue weighted by atomic mass is 10.0. The normalized spacial score (nSPS) is 20.4. The molecule has 0 spiro atoms. The third-order valence-electron chi connectivity index (χ3n) is 4.19. The van der Waals surface area contributed by atoms with Crippen LogP contribution in [0.4, 0.5) is 8.78 Å². The van der Waals surface area contributed by atoms with Crippen LogP contribution in [0, 0.1) is 11.6 Å². The largest absolute Gasteiger partial charge is 0.391 e. The van der Waals surface area contributed by atoms with Crippen molar-refractivity contribution in [2.75, 3.05) is 12.8 Å². The topological polar surface area (TPSA) is 40.5 Å². The Morgan fingerprint density at radius 1 is 1.21 bits per heavy atom. The number of amides is 1. The van der Waals surface area contributed by atoms with Crippen LogP contribution in [0.5, 0.6) is 0 Å². The first-order valence-corrected chi connectivity index (χ1v) is 8.80. The quantitative estimate of drug-likeness (QED) is 0.860. The van der Waals surface area contributed by atoms with Crippen molar-refractivity contribution in [3.05, 3.63) is 65.2 Å². The van der Waals surface area contributed by atoms with Crippen LogP contribution in [-0.4, -0.2) is 34.8 Å².